The van der Waals surface area contributed by atoms with Gasteiger partial charge in [-0.3, -0.25) is 4.79 Å². The van der Waals surface area contributed by atoms with Crippen LogP contribution in [-0.2, 0) is 6.54 Å². The number of hydrogen-bond acceptors (Lipinski definition) is 3. The van der Waals surface area contributed by atoms with Crippen LogP contribution in [0.5, 0.6) is 0 Å². The van der Waals surface area contributed by atoms with Crippen LogP contribution in [0.3, 0.4) is 0 Å². The summed E-state index contributed by atoms with van der Waals surface area (Å²) >= 11 is 0. The highest BCUT2D eigenvalue weighted by Crippen LogP contribution is 2.10. The van der Waals surface area contributed by atoms with Crippen molar-refractivity contribution >= 4 is 5.91 Å². The van der Waals surface area contributed by atoms with Gasteiger partial charge in [0, 0.05) is 11.6 Å². The number of nitrogens with zero attached hydrogens (tertiary/aromatic N) is 1. The zero-order valence-corrected chi connectivity index (χ0v) is 10.8. The van der Waals surface area contributed by atoms with Crippen molar-refractivity contribution in [3.63, 3.8) is 0 Å². The highest BCUT2D eigenvalue weighted by molar-refractivity contribution is 5.94. The highest BCUT2D eigenvalue weighted by Gasteiger charge is 2.07. The Morgan fingerprint density at radius 1 is 1.22 bits per heavy atom. The zero-order chi connectivity index (χ0) is 13.1. The second-order valence-corrected chi connectivity index (χ2v) is 4.41. The lowest BCUT2D eigenvalue weighted by Gasteiger charge is -2.05. The maximum Gasteiger partial charge on any atom is 0.251 e. The smallest absolute Gasteiger partial charge is 0.251 e. The predicted molar refractivity (Wildman–Crippen MR) is 68.3 cm³/mol. The predicted octanol–water partition coefficient (Wildman–Crippen LogP) is 2.53. The van der Waals surface area contributed by atoms with Gasteiger partial charge in [0.25, 0.3) is 5.91 Å². The second-order valence-electron chi connectivity index (χ2n) is 4.41. The van der Waals surface area contributed by atoms with Gasteiger partial charge in [0.1, 0.15) is 11.5 Å². The Morgan fingerprint density at radius 2 is 2.00 bits per heavy atom. The van der Waals surface area contributed by atoms with E-state index in [1.54, 1.807) is 6.07 Å². The molecular weight excluding hydrogens is 228 g/mol. The molecule has 0 saturated carbocycles. The summed E-state index contributed by atoms with van der Waals surface area (Å²) in [7, 11) is 0. The van der Waals surface area contributed by atoms with Gasteiger partial charge < -0.3 is 9.84 Å². The Hall–Kier alpha value is -2.10. The van der Waals surface area contributed by atoms with Crippen LogP contribution in [0.25, 0.3) is 0 Å². The van der Waals surface area contributed by atoms with Gasteiger partial charge in [0.05, 0.1) is 6.54 Å². The first-order chi connectivity index (χ1) is 8.56. The van der Waals surface area contributed by atoms with Crippen LogP contribution in [-0.4, -0.2) is 11.1 Å². The van der Waals surface area contributed by atoms with Gasteiger partial charge in [0.2, 0.25) is 0 Å². The third-order valence-corrected chi connectivity index (χ3v) is 2.88. The topological polar surface area (TPSA) is 55.1 Å². The van der Waals surface area contributed by atoms with Crippen LogP contribution in [0.15, 0.2) is 28.8 Å². The van der Waals surface area contributed by atoms with Crippen LogP contribution in [0.2, 0.25) is 0 Å². The van der Waals surface area contributed by atoms with Gasteiger partial charge in [-0.05, 0) is 44.0 Å². The lowest BCUT2D eigenvalue weighted by atomic mass is 10.1. The van der Waals surface area contributed by atoms with Gasteiger partial charge in [-0.2, -0.15) is 0 Å². The van der Waals surface area contributed by atoms with Crippen LogP contribution in [0, 0.1) is 20.8 Å². The third kappa shape index (κ3) is 2.77. The molecule has 0 aliphatic carbocycles. The SMILES string of the molecule is Cc1cc(CNC(=O)c2ccc(C)c(C)c2)no1. The normalized spacial score (nSPS) is 10.4. The molecule has 0 radical (unpaired) electrons. The number of rotatable bonds is 3. The Labute approximate surface area is 106 Å². The van der Waals surface area contributed by atoms with E-state index in [1.165, 1.54) is 5.56 Å². The molecule has 1 aromatic heterocycles. The fourth-order valence-corrected chi connectivity index (χ4v) is 1.66. The second kappa shape index (κ2) is 5.04. The first-order valence-electron chi connectivity index (χ1n) is 5.84. The molecule has 18 heavy (non-hydrogen) atoms. The summed E-state index contributed by atoms with van der Waals surface area (Å²) in [6.07, 6.45) is 0. The summed E-state index contributed by atoms with van der Waals surface area (Å²) in [4.78, 5) is 11.9. The van der Waals surface area contributed by atoms with E-state index < -0.39 is 0 Å². The number of benzene rings is 1. The zero-order valence-electron chi connectivity index (χ0n) is 10.8. The quantitative estimate of drug-likeness (QED) is 0.902. The van der Waals surface area contributed by atoms with Crippen molar-refractivity contribution in [2.45, 2.75) is 27.3 Å². The minimum Gasteiger partial charge on any atom is -0.361 e. The van der Waals surface area contributed by atoms with Crippen molar-refractivity contribution in [3.8, 4) is 0 Å². The summed E-state index contributed by atoms with van der Waals surface area (Å²) in [5, 5.41) is 6.64. The number of nitrogens with one attached hydrogen (secondary N) is 1. The molecule has 0 bridgehead atoms. The van der Waals surface area contributed by atoms with Crippen molar-refractivity contribution in [1.82, 2.24) is 10.5 Å². The molecule has 1 N–H and O–H groups in total. The number of amides is 1. The van der Waals surface area contributed by atoms with E-state index in [4.69, 9.17) is 4.52 Å². The van der Waals surface area contributed by atoms with E-state index in [0.29, 0.717) is 12.1 Å². The average Bonchev–Trinajstić information content (AvgIpc) is 2.75. The molecule has 4 heteroatoms. The number of aromatic nitrogens is 1. The monoisotopic (exact) mass is 244 g/mol. The summed E-state index contributed by atoms with van der Waals surface area (Å²) in [6, 6.07) is 7.47. The summed E-state index contributed by atoms with van der Waals surface area (Å²) < 4.78 is 4.94. The molecule has 0 spiro atoms. The molecule has 1 aromatic carbocycles. The van der Waals surface area contributed by atoms with Crippen LogP contribution < -0.4 is 5.32 Å². The van der Waals surface area contributed by atoms with Crippen molar-refractivity contribution in [3.05, 3.63) is 52.4 Å². The minimum atomic E-state index is -0.0984. The van der Waals surface area contributed by atoms with E-state index in [-0.39, 0.29) is 5.91 Å². The standard InChI is InChI=1S/C14H16N2O2/c1-9-4-5-12(6-10(9)2)14(17)15-8-13-7-11(3)18-16-13/h4-7H,8H2,1-3H3,(H,15,17). The first-order valence-corrected chi connectivity index (χ1v) is 5.84. The molecule has 0 aliphatic rings. The molecule has 1 heterocycles. The average molecular weight is 244 g/mol. The lowest BCUT2D eigenvalue weighted by molar-refractivity contribution is 0.0950. The molecule has 1 amide bonds. The van der Waals surface area contributed by atoms with E-state index in [2.05, 4.69) is 10.5 Å². The summed E-state index contributed by atoms with van der Waals surface area (Å²) in [5.41, 5.74) is 3.68. The highest BCUT2D eigenvalue weighted by atomic mass is 16.5. The number of carbonyl (C=O) groups excluding carboxylic acids is 1. The maximum absolute atomic E-state index is 11.9. The largest absolute Gasteiger partial charge is 0.361 e. The molecule has 0 fully saturated rings. The van der Waals surface area contributed by atoms with Gasteiger partial charge in [-0.25, -0.2) is 0 Å². The van der Waals surface area contributed by atoms with Gasteiger partial charge >= 0.3 is 0 Å². The van der Waals surface area contributed by atoms with Crippen molar-refractivity contribution in [2.75, 3.05) is 0 Å². The van der Waals surface area contributed by atoms with Crippen LogP contribution >= 0.6 is 0 Å². The third-order valence-electron chi connectivity index (χ3n) is 2.88. The van der Waals surface area contributed by atoms with Crippen molar-refractivity contribution < 1.29 is 9.32 Å². The summed E-state index contributed by atoms with van der Waals surface area (Å²) in [5.74, 6) is 0.643. The van der Waals surface area contributed by atoms with Crippen molar-refractivity contribution in [1.29, 1.82) is 0 Å². The molecule has 0 atom stereocenters. The van der Waals surface area contributed by atoms with Gasteiger partial charge in [-0.15, -0.1) is 0 Å². The maximum atomic E-state index is 11.9. The number of aryl methyl sites for hydroxylation is 3. The molecule has 4 nitrogen and oxygen atoms in total. The van der Waals surface area contributed by atoms with Gasteiger partial charge in [0.15, 0.2) is 0 Å². The van der Waals surface area contributed by atoms with Crippen LogP contribution in [0.1, 0.15) is 32.9 Å². The lowest BCUT2D eigenvalue weighted by Crippen LogP contribution is -2.23. The van der Waals surface area contributed by atoms with E-state index in [0.717, 1.165) is 17.0 Å². The molecular formula is C14H16N2O2. The van der Waals surface area contributed by atoms with Gasteiger partial charge in [-0.1, -0.05) is 11.2 Å². The molecule has 2 aromatic rings. The fraction of sp³-hybridized carbons (Fsp3) is 0.286. The Bertz CT molecular complexity index is 573. The molecule has 0 unspecified atom stereocenters. The number of carbonyl (C=O) groups is 1. The van der Waals surface area contributed by atoms with E-state index in [9.17, 15) is 4.79 Å². The van der Waals surface area contributed by atoms with E-state index in [1.807, 2.05) is 39.0 Å². The Kier molecular flexibility index (Phi) is 3.46. The van der Waals surface area contributed by atoms with Crippen molar-refractivity contribution in [2.24, 2.45) is 0 Å². The number of hydrogen-bond donors (Lipinski definition) is 1. The Morgan fingerprint density at radius 3 is 2.61 bits per heavy atom. The molecule has 2 rings (SSSR count). The van der Waals surface area contributed by atoms with E-state index >= 15 is 0 Å². The first kappa shape index (κ1) is 12.4. The molecule has 94 valence electrons. The van der Waals surface area contributed by atoms with Crippen LogP contribution in [0.4, 0.5) is 0 Å². The molecule has 0 aliphatic heterocycles. The summed E-state index contributed by atoms with van der Waals surface area (Å²) in [6.45, 7) is 6.22. The minimum absolute atomic E-state index is 0.0984. The Balaban J connectivity index is 2.01. The fourth-order valence-electron chi connectivity index (χ4n) is 1.66. The molecule has 0 saturated heterocycles.